The number of nitrogens with zero attached hydrogens (tertiary/aromatic N) is 2. The van der Waals surface area contributed by atoms with Gasteiger partial charge in [0.1, 0.15) is 17.4 Å². The normalized spacial score (nSPS) is 26.7. The van der Waals surface area contributed by atoms with Crippen molar-refractivity contribution in [2.24, 2.45) is 11.8 Å². The van der Waals surface area contributed by atoms with E-state index in [0.29, 0.717) is 25.3 Å². The van der Waals surface area contributed by atoms with Crippen molar-refractivity contribution in [1.82, 2.24) is 4.90 Å². The molecule has 1 saturated heterocycles. The van der Waals surface area contributed by atoms with Gasteiger partial charge in [-0.3, -0.25) is 14.5 Å². The fraction of sp³-hybridized carbons (Fsp3) is 0.545. The molecule has 0 saturated carbocycles. The Kier molecular flexibility index (Phi) is 7.09. The van der Waals surface area contributed by atoms with Crippen LogP contribution in [0.5, 0.6) is 0 Å². The number of rotatable bonds is 7. The van der Waals surface area contributed by atoms with Crippen LogP contribution < -0.4 is 0 Å². The molecule has 5 heteroatoms. The Morgan fingerprint density at radius 3 is 2.58 bits per heavy atom. The number of carbonyl (C=O) groups is 3. The fourth-order valence-electron chi connectivity index (χ4n) is 7.78. The summed E-state index contributed by atoms with van der Waals surface area (Å²) in [6.45, 7) is 5.64. The number of hydrogen-bond acceptors (Lipinski definition) is 4. The molecule has 0 radical (unpaired) electrons. The number of benzene rings is 1. The Bertz CT molecular complexity index is 1230. The van der Waals surface area contributed by atoms with Gasteiger partial charge in [0.15, 0.2) is 11.5 Å². The highest BCUT2D eigenvalue weighted by atomic mass is 16.2. The summed E-state index contributed by atoms with van der Waals surface area (Å²) in [6, 6.07) is 10.6. The van der Waals surface area contributed by atoms with Crippen molar-refractivity contribution in [1.29, 1.82) is 0 Å². The number of carbonyl (C=O) groups excluding carboxylic acids is 3. The maximum atomic E-state index is 14.3. The third-order valence-corrected chi connectivity index (χ3v) is 9.86. The number of ketones is 2. The van der Waals surface area contributed by atoms with E-state index in [1.54, 1.807) is 0 Å². The van der Waals surface area contributed by atoms with Crippen molar-refractivity contribution in [3.8, 4) is 0 Å². The molecule has 0 aromatic heterocycles. The Labute approximate surface area is 226 Å². The maximum absolute atomic E-state index is 14.3. The first-order valence-corrected chi connectivity index (χ1v) is 14.9. The monoisotopic (exact) mass is 513 g/mol. The second-order valence-corrected chi connectivity index (χ2v) is 12.1. The highest BCUT2D eigenvalue weighted by Gasteiger charge is 2.59. The summed E-state index contributed by atoms with van der Waals surface area (Å²) in [6.07, 6.45) is 11.9. The number of fused-ring (bicyclic) bond motifs is 2. The van der Waals surface area contributed by atoms with Crippen LogP contribution in [0.15, 0.2) is 64.5 Å². The minimum Gasteiger partial charge on any atom is -0.299 e. The smallest absolute Gasteiger partial charge is 0.299 e. The molecular weight excluding hydrogens is 472 g/mol. The van der Waals surface area contributed by atoms with E-state index >= 15 is 0 Å². The van der Waals surface area contributed by atoms with Crippen molar-refractivity contribution in [2.75, 3.05) is 19.6 Å². The lowest BCUT2D eigenvalue weighted by molar-refractivity contribution is -0.777. The first kappa shape index (κ1) is 25.6. The quantitative estimate of drug-likeness (QED) is 0.331. The molecule has 6 rings (SSSR count). The zero-order chi connectivity index (χ0) is 26.3. The molecule has 3 aliphatic heterocycles. The van der Waals surface area contributed by atoms with E-state index in [-0.39, 0.29) is 22.0 Å². The average molecular weight is 514 g/mol. The van der Waals surface area contributed by atoms with Crippen LogP contribution in [-0.2, 0) is 20.9 Å². The second-order valence-electron chi connectivity index (χ2n) is 12.1. The molecule has 2 aliphatic carbocycles. The first-order chi connectivity index (χ1) is 18.5. The number of piperidine rings is 1. The summed E-state index contributed by atoms with van der Waals surface area (Å²) in [4.78, 5) is 43.5. The molecule has 5 nitrogen and oxygen atoms in total. The van der Waals surface area contributed by atoms with Crippen molar-refractivity contribution in [3.05, 3.63) is 70.1 Å². The number of allylic oxidation sites excluding steroid dienone is 4. The Morgan fingerprint density at radius 2 is 1.79 bits per heavy atom. The molecule has 1 fully saturated rings. The predicted octanol–water partition coefficient (Wildman–Crippen LogP) is 6.02. The van der Waals surface area contributed by atoms with Crippen molar-refractivity contribution in [3.63, 3.8) is 0 Å². The van der Waals surface area contributed by atoms with E-state index in [2.05, 4.69) is 41.3 Å². The molecule has 1 amide bonds. The SMILES string of the molecule is CC(C(=O)CCC1CCN(Cc2ccccc2)CC1)C(=O)[N+]12CCC=C3CCC(=O)C(=C31)C1=C2CCCC1. The van der Waals surface area contributed by atoms with E-state index in [1.807, 2.05) is 6.92 Å². The van der Waals surface area contributed by atoms with E-state index in [1.165, 1.54) is 11.1 Å². The lowest BCUT2D eigenvalue weighted by atomic mass is 9.83. The summed E-state index contributed by atoms with van der Waals surface area (Å²) in [5, 5.41) is 0. The zero-order valence-corrected chi connectivity index (χ0v) is 22.8. The van der Waals surface area contributed by atoms with E-state index < -0.39 is 5.92 Å². The molecule has 5 aliphatic rings. The standard InChI is InChI=1S/C33H41N2O3/c1-23(29(36)15-13-24-17-19-34(20-18-24)22-25-8-3-2-4-9-25)33(38)35-21-7-10-26-14-16-30(37)31(32(26)35)27-11-5-6-12-28(27)35/h2-4,8-10,23-24H,5-7,11-22H2,1H3/q+1. The third-order valence-electron chi connectivity index (χ3n) is 9.86. The molecular formula is C33H41N2O3+. The fourth-order valence-corrected chi connectivity index (χ4v) is 7.78. The summed E-state index contributed by atoms with van der Waals surface area (Å²) >= 11 is 0. The lowest BCUT2D eigenvalue weighted by Crippen LogP contribution is -2.55. The summed E-state index contributed by atoms with van der Waals surface area (Å²) in [5.74, 6) is 0.229. The number of hydrogen-bond donors (Lipinski definition) is 0. The molecule has 1 aromatic rings. The first-order valence-electron chi connectivity index (χ1n) is 14.9. The lowest BCUT2D eigenvalue weighted by Gasteiger charge is -2.41. The molecule has 0 bridgehead atoms. The van der Waals surface area contributed by atoms with Crippen LogP contribution in [-0.4, -0.2) is 46.5 Å². The second kappa shape index (κ2) is 10.5. The molecule has 2 unspecified atom stereocenters. The van der Waals surface area contributed by atoms with Crippen LogP contribution in [0.4, 0.5) is 0 Å². The van der Waals surface area contributed by atoms with Gasteiger partial charge in [-0.2, -0.15) is 4.48 Å². The molecule has 2 atom stereocenters. The van der Waals surface area contributed by atoms with Crippen molar-refractivity contribution in [2.45, 2.75) is 84.1 Å². The molecule has 0 N–H and O–H groups in total. The Hall–Kier alpha value is -2.63. The minimum atomic E-state index is -0.632. The van der Waals surface area contributed by atoms with Gasteiger partial charge in [0.2, 0.25) is 0 Å². The summed E-state index contributed by atoms with van der Waals surface area (Å²) in [5.41, 5.74) is 6.67. The van der Waals surface area contributed by atoms with E-state index in [9.17, 15) is 14.4 Å². The predicted molar refractivity (Wildman–Crippen MR) is 147 cm³/mol. The minimum absolute atomic E-state index is 0.0207. The maximum Gasteiger partial charge on any atom is 0.333 e. The molecule has 1 aromatic carbocycles. The van der Waals surface area contributed by atoms with Crippen LogP contribution in [0, 0.1) is 11.8 Å². The van der Waals surface area contributed by atoms with Gasteiger partial charge in [0.05, 0.1) is 12.1 Å². The Balaban J connectivity index is 1.12. The number of Topliss-reactive ketones (excluding diaryl/α,β-unsaturated/α-hetero) is 2. The molecule has 3 heterocycles. The van der Waals surface area contributed by atoms with Crippen LogP contribution in [0.1, 0.15) is 83.1 Å². The van der Waals surface area contributed by atoms with Crippen molar-refractivity contribution >= 4 is 17.5 Å². The van der Waals surface area contributed by atoms with Gasteiger partial charge in [0, 0.05) is 43.4 Å². The van der Waals surface area contributed by atoms with Crippen LogP contribution >= 0.6 is 0 Å². The number of quaternary nitrogens is 1. The highest BCUT2D eigenvalue weighted by molar-refractivity contribution is 6.05. The number of likely N-dealkylation sites (tertiary alicyclic amines) is 1. The number of amides is 1. The van der Waals surface area contributed by atoms with Gasteiger partial charge in [0.25, 0.3) is 0 Å². The third kappa shape index (κ3) is 4.38. The zero-order valence-electron chi connectivity index (χ0n) is 22.8. The summed E-state index contributed by atoms with van der Waals surface area (Å²) in [7, 11) is 0. The van der Waals surface area contributed by atoms with Gasteiger partial charge >= 0.3 is 5.91 Å². The van der Waals surface area contributed by atoms with Gasteiger partial charge in [-0.15, -0.1) is 0 Å². The van der Waals surface area contributed by atoms with Gasteiger partial charge in [-0.1, -0.05) is 36.4 Å². The van der Waals surface area contributed by atoms with Crippen LogP contribution in [0.2, 0.25) is 0 Å². The Morgan fingerprint density at radius 1 is 1.03 bits per heavy atom. The van der Waals surface area contributed by atoms with E-state index in [0.717, 1.165) is 100.0 Å². The average Bonchev–Trinajstić information content (AvgIpc) is 3.27. The summed E-state index contributed by atoms with van der Waals surface area (Å²) < 4.78 is 0.188. The van der Waals surface area contributed by atoms with Gasteiger partial charge in [-0.05, 0) is 76.4 Å². The molecule has 38 heavy (non-hydrogen) atoms. The molecule has 0 spiro atoms. The largest absolute Gasteiger partial charge is 0.333 e. The van der Waals surface area contributed by atoms with Gasteiger partial charge in [-0.25, -0.2) is 4.79 Å². The molecule has 200 valence electrons. The topological polar surface area (TPSA) is 54.5 Å². The highest BCUT2D eigenvalue weighted by Crippen LogP contribution is 2.54. The van der Waals surface area contributed by atoms with E-state index in [4.69, 9.17) is 0 Å². The van der Waals surface area contributed by atoms with Crippen LogP contribution in [0.25, 0.3) is 0 Å². The van der Waals surface area contributed by atoms with Gasteiger partial charge < -0.3 is 0 Å². The van der Waals surface area contributed by atoms with Crippen LogP contribution in [0.3, 0.4) is 0 Å². The van der Waals surface area contributed by atoms with Crippen molar-refractivity contribution < 1.29 is 18.9 Å².